The fourth-order valence-electron chi connectivity index (χ4n) is 1.78. The average Bonchev–Trinajstić information content (AvgIpc) is 2.67. The van der Waals surface area contributed by atoms with Gasteiger partial charge in [-0.1, -0.05) is 12.1 Å². The first-order valence-corrected chi connectivity index (χ1v) is 5.25. The summed E-state index contributed by atoms with van der Waals surface area (Å²) < 4.78 is 5.73. The van der Waals surface area contributed by atoms with E-state index in [1.807, 2.05) is 12.1 Å². The standard InChI is InChI=1S/C12H17NO/c1-10-3-2-4-12(7-10)14-9-11-5-6-13-8-11/h2-4,7,11,13H,5-6,8-9H2,1H3. The predicted molar refractivity (Wildman–Crippen MR) is 57.7 cm³/mol. The van der Waals surface area contributed by atoms with E-state index >= 15 is 0 Å². The molecule has 0 radical (unpaired) electrons. The molecule has 1 aliphatic rings. The number of aryl methyl sites for hydroxylation is 1. The maximum Gasteiger partial charge on any atom is 0.119 e. The Bertz CT molecular complexity index is 292. The van der Waals surface area contributed by atoms with Crippen molar-refractivity contribution in [2.45, 2.75) is 13.3 Å². The molecule has 0 aromatic heterocycles. The van der Waals surface area contributed by atoms with E-state index in [4.69, 9.17) is 4.74 Å². The first-order chi connectivity index (χ1) is 6.84. The lowest BCUT2D eigenvalue weighted by molar-refractivity contribution is 0.260. The van der Waals surface area contributed by atoms with E-state index in [0.29, 0.717) is 5.92 Å². The van der Waals surface area contributed by atoms with Crippen LogP contribution in [0, 0.1) is 12.8 Å². The molecule has 2 nitrogen and oxygen atoms in total. The Morgan fingerprint density at radius 3 is 3.14 bits per heavy atom. The zero-order valence-corrected chi connectivity index (χ0v) is 8.62. The van der Waals surface area contributed by atoms with E-state index < -0.39 is 0 Å². The Kier molecular flexibility index (Phi) is 3.04. The molecule has 0 spiro atoms. The van der Waals surface area contributed by atoms with Gasteiger partial charge in [0.25, 0.3) is 0 Å². The highest BCUT2D eigenvalue weighted by Crippen LogP contribution is 2.15. The van der Waals surface area contributed by atoms with Gasteiger partial charge in [-0.15, -0.1) is 0 Å². The normalized spacial score (nSPS) is 21.1. The Morgan fingerprint density at radius 1 is 1.50 bits per heavy atom. The summed E-state index contributed by atoms with van der Waals surface area (Å²) >= 11 is 0. The molecule has 1 unspecified atom stereocenters. The first-order valence-electron chi connectivity index (χ1n) is 5.25. The van der Waals surface area contributed by atoms with Crippen molar-refractivity contribution < 1.29 is 4.74 Å². The van der Waals surface area contributed by atoms with Gasteiger partial charge in [0.15, 0.2) is 0 Å². The van der Waals surface area contributed by atoms with Crippen LogP contribution in [0.5, 0.6) is 5.75 Å². The number of hydrogen-bond donors (Lipinski definition) is 1. The molecule has 0 saturated carbocycles. The molecular weight excluding hydrogens is 174 g/mol. The van der Waals surface area contributed by atoms with Crippen molar-refractivity contribution in [3.63, 3.8) is 0 Å². The zero-order chi connectivity index (χ0) is 9.80. The fraction of sp³-hybridized carbons (Fsp3) is 0.500. The quantitative estimate of drug-likeness (QED) is 0.789. The lowest BCUT2D eigenvalue weighted by Crippen LogP contribution is -2.15. The van der Waals surface area contributed by atoms with Crippen molar-refractivity contribution in [1.29, 1.82) is 0 Å². The van der Waals surface area contributed by atoms with Crippen molar-refractivity contribution in [3.05, 3.63) is 29.8 Å². The molecule has 1 N–H and O–H groups in total. The van der Waals surface area contributed by atoms with Crippen molar-refractivity contribution in [3.8, 4) is 5.75 Å². The van der Waals surface area contributed by atoms with E-state index in [1.54, 1.807) is 0 Å². The predicted octanol–water partition coefficient (Wildman–Crippen LogP) is 1.98. The second kappa shape index (κ2) is 4.47. The summed E-state index contributed by atoms with van der Waals surface area (Å²) in [5.74, 6) is 1.69. The minimum atomic E-state index is 0.690. The topological polar surface area (TPSA) is 21.3 Å². The molecule has 0 amide bonds. The van der Waals surface area contributed by atoms with Crippen LogP contribution in [0.4, 0.5) is 0 Å². The van der Waals surface area contributed by atoms with E-state index in [1.165, 1.54) is 12.0 Å². The highest BCUT2D eigenvalue weighted by molar-refractivity contribution is 5.27. The summed E-state index contributed by atoms with van der Waals surface area (Å²) in [7, 11) is 0. The van der Waals surface area contributed by atoms with Gasteiger partial charge >= 0.3 is 0 Å². The summed E-state index contributed by atoms with van der Waals surface area (Å²) in [5.41, 5.74) is 1.26. The van der Waals surface area contributed by atoms with Gasteiger partial charge in [-0.05, 0) is 37.6 Å². The van der Waals surface area contributed by atoms with Crippen molar-refractivity contribution in [1.82, 2.24) is 5.32 Å². The number of ether oxygens (including phenoxy) is 1. The van der Waals surface area contributed by atoms with Crippen LogP contribution in [0.25, 0.3) is 0 Å². The van der Waals surface area contributed by atoms with Gasteiger partial charge in [0.1, 0.15) is 5.75 Å². The molecule has 14 heavy (non-hydrogen) atoms. The highest BCUT2D eigenvalue weighted by Gasteiger charge is 2.14. The second-order valence-corrected chi connectivity index (χ2v) is 3.99. The van der Waals surface area contributed by atoms with Gasteiger partial charge in [-0.2, -0.15) is 0 Å². The summed E-state index contributed by atoms with van der Waals surface area (Å²) in [6.45, 7) is 5.17. The Morgan fingerprint density at radius 2 is 2.43 bits per heavy atom. The van der Waals surface area contributed by atoms with Crippen LogP contribution in [0.15, 0.2) is 24.3 Å². The van der Waals surface area contributed by atoms with Gasteiger partial charge in [0, 0.05) is 12.5 Å². The van der Waals surface area contributed by atoms with Crippen molar-refractivity contribution in [2.24, 2.45) is 5.92 Å². The maximum absolute atomic E-state index is 5.73. The highest BCUT2D eigenvalue weighted by atomic mass is 16.5. The maximum atomic E-state index is 5.73. The summed E-state index contributed by atoms with van der Waals surface area (Å²) in [6, 6.07) is 8.24. The summed E-state index contributed by atoms with van der Waals surface area (Å²) in [5, 5.41) is 3.34. The molecule has 76 valence electrons. The van der Waals surface area contributed by atoms with Crippen LogP contribution < -0.4 is 10.1 Å². The molecule has 1 aliphatic heterocycles. The second-order valence-electron chi connectivity index (χ2n) is 3.99. The SMILES string of the molecule is Cc1cccc(OCC2CCNC2)c1. The van der Waals surface area contributed by atoms with Crippen LogP contribution in [0.1, 0.15) is 12.0 Å². The van der Waals surface area contributed by atoms with Crippen LogP contribution in [0.2, 0.25) is 0 Å². The van der Waals surface area contributed by atoms with E-state index in [0.717, 1.165) is 25.4 Å². The third-order valence-corrected chi connectivity index (χ3v) is 2.64. The lowest BCUT2D eigenvalue weighted by atomic mass is 10.1. The molecule has 0 bridgehead atoms. The fourth-order valence-corrected chi connectivity index (χ4v) is 1.78. The van der Waals surface area contributed by atoms with Crippen LogP contribution >= 0.6 is 0 Å². The monoisotopic (exact) mass is 191 g/mol. The molecule has 1 fully saturated rings. The van der Waals surface area contributed by atoms with E-state index in [-0.39, 0.29) is 0 Å². The van der Waals surface area contributed by atoms with E-state index in [9.17, 15) is 0 Å². The smallest absolute Gasteiger partial charge is 0.119 e. The van der Waals surface area contributed by atoms with Gasteiger partial charge in [0.2, 0.25) is 0 Å². The number of hydrogen-bond acceptors (Lipinski definition) is 2. The molecular formula is C12H17NO. The van der Waals surface area contributed by atoms with Crippen molar-refractivity contribution in [2.75, 3.05) is 19.7 Å². The first kappa shape index (κ1) is 9.53. The number of rotatable bonds is 3. The lowest BCUT2D eigenvalue weighted by Gasteiger charge is -2.10. The van der Waals surface area contributed by atoms with Crippen LogP contribution in [0.3, 0.4) is 0 Å². The van der Waals surface area contributed by atoms with Crippen LogP contribution in [-0.4, -0.2) is 19.7 Å². The molecule has 1 aromatic rings. The number of nitrogens with one attached hydrogen (secondary N) is 1. The molecule has 1 heterocycles. The molecule has 1 aromatic carbocycles. The third-order valence-electron chi connectivity index (χ3n) is 2.64. The van der Waals surface area contributed by atoms with E-state index in [2.05, 4.69) is 24.4 Å². The molecule has 2 rings (SSSR count). The van der Waals surface area contributed by atoms with Crippen molar-refractivity contribution >= 4 is 0 Å². The minimum absolute atomic E-state index is 0.690. The zero-order valence-electron chi connectivity index (χ0n) is 8.62. The third kappa shape index (κ3) is 2.48. The Labute approximate surface area is 85.3 Å². The van der Waals surface area contributed by atoms with Gasteiger partial charge in [-0.25, -0.2) is 0 Å². The Hall–Kier alpha value is -1.02. The minimum Gasteiger partial charge on any atom is -0.493 e. The van der Waals surface area contributed by atoms with Gasteiger partial charge < -0.3 is 10.1 Å². The number of benzene rings is 1. The van der Waals surface area contributed by atoms with Gasteiger partial charge in [-0.3, -0.25) is 0 Å². The van der Waals surface area contributed by atoms with Gasteiger partial charge in [0.05, 0.1) is 6.61 Å². The van der Waals surface area contributed by atoms with Crippen LogP contribution in [-0.2, 0) is 0 Å². The molecule has 2 heteroatoms. The molecule has 1 saturated heterocycles. The Balaban J connectivity index is 1.85. The average molecular weight is 191 g/mol. The largest absolute Gasteiger partial charge is 0.493 e. The summed E-state index contributed by atoms with van der Waals surface area (Å²) in [6.07, 6.45) is 1.24. The summed E-state index contributed by atoms with van der Waals surface area (Å²) in [4.78, 5) is 0. The molecule has 1 atom stereocenters. The molecule has 0 aliphatic carbocycles.